The van der Waals surface area contributed by atoms with Gasteiger partial charge in [0.1, 0.15) is 6.54 Å². The maximum atomic E-state index is 11.8. The van der Waals surface area contributed by atoms with E-state index in [1.807, 2.05) is 6.92 Å². The SMILES string of the molecule is COc1nc(C)cc2c1-c1cnnn1CC(=O)N2. The van der Waals surface area contributed by atoms with E-state index in [1.165, 1.54) is 4.68 Å². The number of pyridine rings is 1. The fourth-order valence-electron chi connectivity index (χ4n) is 2.03. The Labute approximate surface area is 103 Å². The molecule has 0 bridgehead atoms. The van der Waals surface area contributed by atoms with Crippen LogP contribution < -0.4 is 10.1 Å². The fourth-order valence-corrected chi connectivity index (χ4v) is 2.03. The first-order valence-corrected chi connectivity index (χ1v) is 5.43. The summed E-state index contributed by atoms with van der Waals surface area (Å²) in [6, 6.07) is 1.80. The summed E-state index contributed by atoms with van der Waals surface area (Å²) in [6.07, 6.45) is 1.60. The molecule has 1 aliphatic heterocycles. The molecule has 0 spiro atoms. The van der Waals surface area contributed by atoms with Crippen molar-refractivity contribution in [3.63, 3.8) is 0 Å². The molecule has 1 aliphatic rings. The van der Waals surface area contributed by atoms with Crippen LogP contribution in [-0.4, -0.2) is 33.0 Å². The van der Waals surface area contributed by atoms with Gasteiger partial charge in [0.2, 0.25) is 11.8 Å². The highest BCUT2D eigenvalue weighted by Crippen LogP contribution is 2.36. The van der Waals surface area contributed by atoms with E-state index in [1.54, 1.807) is 19.4 Å². The molecule has 3 rings (SSSR count). The van der Waals surface area contributed by atoms with Gasteiger partial charge in [0.05, 0.1) is 30.3 Å². The summed E-state index contributed by atoms with van der Waals surface area (Å²) >= 11 is 0. The second kappa shape index (κ2) is 3.80. The first-order valence-electron chi connectivity index (χ1n) is 5.43. The van der Waals surface area contributed by atoms with E-state index in [4.69, 9.17) is 4.74 Å². The average Bonchev–Trinajstić information content (AvgIpc) is 2.71. The first kappa shape index (κ1) is 10.7. The van der Waals surface area contributed by atoms with Gasteiger partial charge in [-0.2, -0.15) is 0 Å². The number of aromatic nitrogens is 4. The molecule has 1 N–H and O–H groups in total. The number of carbonyl (C=O) groups is 1. The maximum Gasteiger partial charge on any atom is 0.246 e. The van der Waals surface area contributed by atoms with Crippen LogP contribution in [0.25, 0.3) is 11.3 Å². The smallest absolute Gasteiger partial charge is 0.246 e. The highest BCUT2D eigenvalue weighted by molar-refractivity contribution is 5.98. The molecule has 0 aromatic carbocycles. The molecule has 0 unspecified atom stereocenters. The molecule has 0 fully saturated rings. The van der Waals surface area contributed by atoms with Gasteiger partial charge in [-0.3, -0.25) is 4.79 Å². The van der Waals surface area contributed by atoms with Gasteiger partial charge in [-0.15, -0.1) is 5.10 Å². The Morgan fingerprint density at radius 3 is 3.11 bits per heavy atom. The number of ether oxygens (including phenoxy) is 1. The van der Waals surface area contributed by atoms with Crippen molar-refractivity contribution in [2.45, 2.75) is 13.5 Å². The predicted octanol–water partition coefficient (Wildman–Crippen LogP) is 0.609. The van der Waals surface area contributed by atoms with E-state index in [0.29, 0.717) is 22.8 Å². The van der Waals surface area contributed by atoms with Gasteiger partial charge in [0, 0.05) is 5.69 Å². The first-order chi connectivity index (χ1) is 8.69. The van der Waals surface area contributed by atoms with Crippen LogP contribution in [0.1, 0.15) is 5.69 Å². The van der Waals surface area contributed by atoms with E-state index >= 15 is 0 Å². The third-order valence-electron chi connectivity index (χ3n) is 2.75. The second-order valence-corrected chi connectivity index (χ2v) is 4.02. The Balaban J connectivity index is 2.33. The van der Waals surface area contributed by atoms with Crippen molar-refractivity contribution in [2.24, 2.45) is 0 Å². The van der Waals surface area contributed by atoms with Crippen molar-refractivity contribution in [1.29, 1.82) is 0 Å². The number of fused-ring (bicyclic) bond motifs is 3. The zero-order valence-electron chi connectivity index (χ0n) is 9.97. The standard InChI is InChI=1S/C11H11N5O2/c1-6-3-7-10(11(13-6)18-2)8-4-12-15-16(8)5-9(17)14-7/h3-4H,5H2,1-2H3,(H,14,17). The maximum absolute atomic E-state index is 11.8. The molecule has 0 radical (unpaired) electrons. The van der Waals surface area contributed by atoms with E-state index in [-0.39, 0.29) is 12.5 Å². The Morgan fingerprint density at radius 1 is 1.50 bits per heavy atom. The minimum absolute atomic E-state index is 0.131. The largest absolute Gasteiger partial charge is 0.480 e. The summed E-state index contributed by atoms with van der Waals surface area (Å²) in [7, 11) is 1.54. The quantitative estimate of drug-likeness (QED) is 0.796. The molecular weight excluding hydrogens is 234 g/mol. The van der Waals surface area contributed by atoms with Crippen LogP contribution in [0.5, 0.6) is 5.88 Å². The molecule has 0 atom stereocenters. The minimum Gasteiger partial charge on any atom is -0.480 e. The molecule has 0 saturated carbocycles. The van der Waals surface area contributed by atoms with Crippen molar-refractivity contribution < 1.29 is 9.53 Å². The van der Waals surface area contributed by atoms with Gasteiger partial charge >= 0.3 is 0 Å². The number of methoxy groups -OCH3 is 1. The number of nitrogens with one attached hydrogen (secondary N) is 1. The van der Waals surface area contributed by atoms with Gasteiger partial charge in [-0.05, 0) is 13.0 Å². The monoisotopic (exact) mass is 245 g/mol. The molecule has 0 saturated heterocycles. The summed E-state index contributed by atoms with van der Waals surface area (Å²) in [5, 5.41) is 10.5. The molecule has 18 heavy (non-hydrogen) atoms. The van der Waals surface area contributed by atoms with Crippen LogP contribution in [0.4, 0.5) is 5.69 Å². The number of hydrogen-bond acceptors (Lipinski definition) is 5. The van der Waals surface area contributed by atoms with Crippen molar-refractivity contribution in [3.8, 4) is 17.1 Å². The lowest BCUT2D eigenvalue weighted by molar-refractivity contribution is -0.116. The van der Waals surface area contributed by atoms with Crippen LogP contribution in [0.2, 0.25) is 0 Å². The van der Waals surface area contributed by atoms with Gasteiger partial charge < -0.3 is 10.1 Å². The highest BCUT2D eigenvalue weighted by atomic mass is 16.5. The number of aryl methyl sites for hydroxylation is 1. The third kappa shape index (κ3) is 1.52. The Bertz CT molecular complexity index is 634. The zero-order chi connectivity index (χ0) is 12.7. The van der Waals surface area contributed by atoms with Crippen molar-refractivity contribution in [1.82, 2.24) is 20.0 Å². The number of amides is 1. The van der Waals surface area contributed by atoms with Crippen LogP contribution >= 0.6 is 0 Å². The second-order valence-electron chi connectivity index (χ2n) is 4.02. The van der Waals surface area contributed by atoms with E-state index < -0.39 is 0 Å². The average molecular weight is 245 g/mol. The number of nitrogens with zero attached hydrogens (tertiary/aromatic N) is 4. The van der Waals surface area contributed by atoms with Gasteiger partial charge in [-0.1, -0.05) is 5.21 Å². The van der Waals surface area contributed by atoms with Crippen molar-refractivity contribution in [2.75, 3.05) is 12.4 Å². The molecule has 1 amide bonds. The normalized spacial score (nSPS) is 13.3. The number of rotatable bonds is 1. The Morgan fingerprint density at radius 2 is 2.33 bits per heavy atom. The molecule has 92 valence electrons. The molecule has 3 heterocycles. The highest BCUT2D eigenvalue weighted by Gasteiger charge is 2.24. The Kier molecular flexibility index (Phi) is 2.26. The molecule has 2 aromatic heterocycles. The van der Waals surface area contributed by atoms with E-state index in [0.717, 1.165) is 5.69 Å². The van der Waals surface area contributed by atoms with E-state index in [9.17, 15) is 4.79 Å². The molecular formula is C11H11N5O2. The summed E-state index contributed by atoms with van der Waals surface area (Å²) in [6.45, 7) is 1.97. The van der Waals surface area contributed by atoms with Crippen LogP contribution in [0, 0.1) is 6.92 Å². The molecule has 7 heteroatoms. The lowest BCUT2D eigenvalue weighted by Gasteiger charge is -2.11. The number of carbonyl (C=O) groups excluding carboxylic acids is 1. The van der Waals surface area contributed by atoms with Crippen molar-refractivity contribution in [3.05, 3.63) is 18.0 Å². The Hall–Kier alpha value is -2.44. The summed E-state index contributed by atoms with van der Waals surface area (Å²) in [5.74, 6) is 0.309. The topological polar surface area (TPSA) is 81.9 Å². The summed E-state index contributed by atoms with van der Waals surface area (Å²) in [4.78, 5) is 16.1. The summed E-state index contributed by atoms with van der Waals surface area (Å²) in [5.41, 5.74) is 2.86. The van der Waals surface area contributed by atoms with Crippen LogP contribution in [0.15, 0.2) is 12.3 Å². The predicted molar refractivity (Wildman–Crippen MR) is 63.2 cm³/mol. The molecule has 2 aromatic rings. The van der Waals surface area contributed by atoms with Crippen LogP contribution in [-0.2, 0) is 11.3 Å². The molecule has 7 nitrogen and oxygen atoms in total. The van der Waals surface area contributed by atoms with Crippen molar-refractivity contribution >= 4 is 11.6 Å². The fraction of sp³-hybridized carbons (Fsp3) is 0.273. The number of hydrogen-bond donors (Lipinski definition) is 1. The lowest BCUT2D eigenvalue weighted by Crippen LogP contribution is -2.17. The summed E-state index contributed by atoms with van der Waals surface area (Å²) < 4.78 is 6.81. The zero-order valence-corrected chi connectivity index (χ0v) is 9.97. The van der Waals surface area contributed by atoms with Gasteiger partial charge in [-0.25, -0.2) is 9.67 Å². The van der Waals surface area contributed by atoms with Gasteiger partial charge in [0.15, 0.2) is 0 Å². The number of anilines is 1. The van der Waals surface area contributed by atoms with Crippen LogP contribution in [0.3, 0.4) is 0 Å². The lowest BCUT2D eigenvalue weighted by atomic mass is 10.1. The van der Waals surface area contributed by atoms with E-state index in [2.05, 4.69) is 20.6 Å². The van der Waals surface area contributed by atoms with Gasteiger partial charge in [0.25, 0.3) is 0 Å². The third-order valence-corrected chi connectivity index (χ3v) is 2.75. The minimum atomic E-state index is -0.145. The molecule has 0 aliphatic carbocycles.